The smallest absolute Gasteiger partial charge is 0.207 e. The van der Waals surface area contributed by atoms with Crippen LogP contribution in [0.25, 0.3) is 4.91 Å². The molecule has 0 saturated heterocycles. The van der Waals surface area contributed by atoms with Crippen molar-refractivity contribution in [3.8, 4) is 0 Å². The molecule has 3 rings (SSSR count). The number of halogens is 1. The molecule has 1 spiro atoms. The van der Waals surface area contributed by atoms with Gasteiger partial charge in [0.2, 0.25) is 10.0 Å². The number of hydrogen-bond donors (Lipinski definition) is 1. The molecular formula is C16H20BrNO2S. The number of benzene rings is 1. The second kappa shape index (κ2) is 5.52. The van der Waals surface area contributed by atoms with Gasteiger partial charge in [0.1, 0.15) is 0 Å². The predicted octanol–water partition coefficient (Wildman–Crippen LogP) is 4.21. The van der Waals surface area contributed by atoms with Gasteiger partial charge in [0.25, 0.3) is 0 Å². The monoisotopic (exact) mass is 369 g/mol. The average Bonchev–Trinajstić information content (AvgIpc) is 2.67. The second-order valence-electron chi connectivity index (χ2n) is 5.92. The summed E-state index contributed by atoms with van der Waals surface area (Å²) in [5.41, 5.74) is 1.54. The van der Waals surface area contributed by atoms with Crippen molar-refractivity contribution in [1.29, 1.82) is 0 Å². The summed E-state index contributed by atoms with van der Waals surface area (Å²) in [6.07, 6.45) is 6.02. The van der Waals surface area contributed by atoms with Gasteiger partial charge in [0.05, 0.1) is 10.4 Å². The van der Waals surface area contributed by atoms with Crippen LogP contribution in [0.5, 0.6) is 0 Å². The standard InChI is InChI=1S/C16H20BrNO2S/c1-2-14-15(12-6-8-13(17)9-7-12)21(19,20)18-16(14)10-4-3-5-11-16/h6-9,18H,2-5,10-11H2,1H3. The van der Waals surface area contributed by atoms with E-state index < -0.39 is 10.0 Å². The van der Waals surface area contributed by atoms with Gasteiger partial charge < -0.3 is 0 Å². The zero-order valence-corrected chi connectivity index (χ0v) is 14.6. The van der Waals surface area contributed by atoms with Gasteiger partial charge in [-0.1, -0.05) is 54.2 Å². The van der Waals surface area contributed by atoms with Crippen LogP contribution in [0.2, 0.25) is 0 Å². The third kappa shape index (κ3) is 2.60. The number of nitrogens with one attached hydrogen (secondary N) is 1. The summed E-state index contributed by atoms with van der Waals surface area (Å²) >= 11 is 3.40. The zero-order valence-electron chi connectivity index (χ0n) is 12.2. The molecule has 1 aromatic rings. The van der Waals surface area contributed by atoms with E-state index in [0.29, 0.717) is 4.91 Å². The first-order valence-electron chi connectivity index (χ1n) is 7.52. The molecule has 0 bridgehead atoms. The Morgan fingerprint density at radius 3 is 2.33 bits per heavy atom. The summed E-state index contributed by atoms with van der Waals surface area (Å²) in [7, 11) is -3.41. The molecule has 1 aromatic carbocycles. The third-order valence-electron chi connectivity index (χ3n) is 4.62. The lowest BCUT2D eigenvalue weighted by molar-refractivity contribution is 0.316. The molecule has 3 nitrogen and oxygen atoms in total. The molecule has 5 heteroatoms. The van der Waals surface area contributed by atoms with Crippen LogP contribution in [-0.2, 0) is 10.0 Å². The largest absolute Gasteiger partial charge is 0.241 e. The first-order chi connectivity index (χ1) is 9.98. The molecule has 1 heterocycles. The summed E-state index contributed by atoms with van der Waals surface area (Å²) in [4.78, 5) is 0.513. The minimum absolute atomic E-state index is 0.325. The topological polar surface area (TPSA) is 46.2 Å². The van der Waals surface area contributed by atoms with Gasteiger partial charge in [-0.3, -0.25) is 0 Å². The Bertz CT molecular complexity index is 671. The van der Waals surface area contributed by atoms with Gasteiger partial charge >= 0.3 is 0 Å². The van der Waals surface area contributed by atoms with Crippen LogP contribution in [0, 0.1) is 0 Å². The van der Waals surface area contributed by atoms with Crippen LogP contribution >= 0.6 is 15.9 Å². The van der Waals surface area contributed by atoms with Crippen molar-refractivity contribution in [3.63, 3.8) is 0 Å². The van der Waals surface area contributed by atoms with E-state index in [1.807, 2.05) is 24.3 Å². The maximum absolute atomic E-state index is 12.7. The molecule has 1 saturated carbocycles. The summed E-state index contributed by atoms with van der Waals surface area (Å²) in [5.74, 6) is 0. The lowest BCUT2D eigenvalue weighted by atomic mass is 9.75. The molecule has 1 N–H and O–H groups in total. The highest BCUT2D eigenvalue weighted by Crippen LogP contribution is 2.46. The molecule has 0 atom stereocenters. The Labute approximate surface area is 135 Å². The van der Waals surface area contributed by atoms with E-state index >= 15 is 0 Å². The van der Waals surface area contributed by atoms with Crippen LogP contribution in [0.3, 0.4) is 0 Å². The van der Waals surface area contributed by atoms with Crippen LogP contribution < -0.4 is 4.72 Å². The van der Waals surface area contributed by atoms with Crippen molar-refractivity contribution in [3.05, 3.63) is 39.9 Å². The fraction of sp³-hybridized carbons (Fsp3) is 0.500. The Morgan fingerprint density at radius 2 is 1.76 bits per heavy atom. The van der Waals surface area contributed by atoms with E-state index in [1.165, 1.54) is 6.42 Å². The summed E-state index contributed by atoms with van der Waals surface area (Å²) in [6, 6.07) is 7.57. The number of sulfonamides is 1. The average molecular weight is 370 g/mol. The Morgan fingerprint density at radius 1 is 1.14 bits per heavy atom. The molecule has 0 aromatic heterocycles. The van der Waals surface area contributed by atoms with E-state index in [0.717, 1.165) is 47.7 Å². The molecule has 0 amide bonds. The van der Waals surface area contributed by atoms with Crippen molar-refractivity contribution in [2.75, 3.05) is 0 Å². The Kier molecular flexibility index (Phi) is 4.01. The van der Waals surface area contributed by atoms with Crippen molar-refractivity contribution in [2.45, 2.75) is 51.0 Å². The lowest BCUT2D eigenvalue weighted by Crippen LogP contribution is -2.45. The summed E-state index contributed by atoms with van der Waals surface area (Å²) < 4.78 is 29.4. The quantitative estimate of drug-likeness (QED) is 0.848. The minimum atomic E-state index is -3.41. The van der Waals surface area contributed by atoms with Crippen LogP contribution in [0.4, 0.5) is 0 Å². The highest BCUT2D eigenvalue weighted by atomic mass is 79.9. The minimum Gasteiger partial charge on any atom is -0.207 e. The Hall–Kier alpha value is -0.650. The lowest BCUT2D eigenvalue weighted by Gasteiger charge is -2.35. The molecule has 1 aliphatic carbocycles. The van der Waals surface area contributed by atoms with Crippen LogP contribution in [0.1, 0.15) is 51.0 Å². The van der Waals surface area contributed by atoms with E-state index in [1.54, 1.807) is 0 Å². The van der Waals surface area contributed by atoms with E-state index in [4.69, 9.17) is 0 Å². The summed E-state index contributed by atoms with van der Waals surface area (Å²) in [6.45, 7) is 2.06. The third-order valence-corrected chi connectivity index (χ3v) is 6.82. The molecule has 1 aliphatic heterocycles. The highest BCUT2D eigenvalue weighted by molar-refractivity contribution is 9.10. The van der Waals surface area contributed by atoms with E-state index in [9.17, 15) is 8.42 Å². The number of hydrogen-bond acceptors (Lipinski definition) is 2. The summed E-state index contributed by atoms with van der Waals surface area (Å²) in [5, 5.41) is 0. The van der Waals surface area contributed by atoms with Crippen LogP contribution in [0.15, 0.2) is 34.3 Å². The van der Waals surface area contributed by atoms with Crippen molar-refractivity contribution >= 4 is 30.9 Å². The molecule has 1 fully saturated rings. The van der Waals surface area contributed by atoms with Gasteiger partial charge in [-0.2, -0.15) is 0 Å². The fourth-order valence-corrected chi connectivity index (χ4v) is 6.06. The molecular weight excluding hydrogens is 350 g/mol. The van der Waals surface area contributed by atoms with E-state index in [-0.39, 0.29) is 5.54 Å². The second-order valence-corrected chi connectivity index (χ2v) is 8.45. The van der Waals surface area contributed by atoms with Gasteiger partial charge in [-0.15, -0.1) is 0 Å². The van der Waals surface area contributed by atoms with Crippen LogP contribution in [-0.4, -0.2) is 14.0 Å². The van der Waals surface area contributed by atoms with Crippen molar-refractivity contribution in [2.24, 2.45) is 0 Å². The van der Waals surface area contributed by atoms with Crippen molar-refractivity contribution in [1.82, 2.24) is 4.72 Å². The van der Waals surface area contributed by atoms with Gasteiger partial charge in [0, 0.05) is 4.47 Å². The molecule has 21 heavy (non-hydrogen) atoms. The Balaban J connectivity index is 2.17. The molecule has 114 valence electrons. The first kappa shape index (κ1) is 15.3. The highest BCUT2D eigenvalue weighted by Gasteiger charge is 2.48. The SMILES string of the molecule is CCC1=C(c2ccc(Br)cc2)S(=O)(=O)NC12CCCCC2. The molecule has 0 unspecified atom stereocenters. The van der Waals surface area contributed by atoms with E-state index in [2.05, 4.69) is 27.6 Å². The van der Waals surface area contributed by atoms with Gasteiger partial charge in [-0.05, 0) is 42.5 Å². The zero-order chi connectivity index (χ0) is 15.1. The van der Waals surface area contributed by atoms with Crippen molar-refractivity contribution < 1.29 is 8.42 Å². The maximum atomic E-state index is 12.7. The van der Waals surface area contributed by atoms with Gasteiger partial charge in [0.15, 0.2) is 0 Å². The fourth-order valence-electron chi connectivity index (χ4n) is 3.74. The maximum Gasteiger partial charge on any atom is 0.241 e. The normalized spacial score (nSPS) is 23.7. The predicted molar refractivity (Wildman–Crippen MR) is 89.2 cm³/mol. The number of rotatable bonds is 2. The molecule has 0 radical (unpaired) electrons. The molecule has 2 aliphatic rings. The first-order valence-corrected chi connectivity index (χ1v) is 9.80. The van der Waals surface area contributed by atoms with Gasteiger partial charge in [-0.25, -0.2) is 13.1 Å².